The minimum absolute atomic E-state index is 0.0276. The molecule has 8 nitrogen and oxygen atoms in total. The van der Waals surface area contributed by atoms with Gasteiger partial charge in [-0.05, 0) is 19.1 Å². The minimum Gasteiger partial charge on any atom is -0.382 e. The first-order valence-corrected chi connectivity index (χ1v) is 10.2. The predicted molar refractivity (Wildman–Crippen MR) is 100 cm³/mol. The summed E-state index contributed by atoms with van der Waals surface area (Å²) in [6.07, 6.45) is 1.05. The maximum Gasteiger partial charge on any atom is 0.277 e. The Bertz CT molecular complexity index is 1020. The Morgan fingerprint density at radius 2 is 1.96 bits per heavy atom. The number of benzene rings is 1. The van der Waals surface area contributed by atoms with E-state index in [2.05, 4.69) is 5.10 Å². The summed E-state index contributed by atoms with van der Waals surface area (Å²) >= 11 is 6.37. The number of hydrogen-bond donors (Lipinski definition) is 1. The average Bonchev–Trinajstić information content (AvgIpc) is 2.83. The number of aromatic amines is 1. The predicted octanol–water partition coefficient (Wildman–Crippen LogP) is 1.47. The van der Waals surface area contributed by atoms with Gasteiger partial charge in [0.05, 0.1) is 29.7 Å². The number of ketones is 1. The number of nitrogens with one attached hydrogen (secondary N) is 1. The molecule has 0 atom stereocenters. The lowest BCUT2D eigenvalue weighted by Crippen LogP contribution is -2.20. The molecular formula is C17H21ClN2O6S. The highest BCUT2D eigenvalue weighted by atomic mass is 35.5. The Morgan fingerprint density at radius 3 is 2.48 bits per heavy atom. The van der Waals surface area contributed by atoms with E-state index < -0.39 is 21.2 Å². The molecule has 0 aliphatic rings. The van der Waals surface area contributed by atoms with Crippen LogP contribution in [0.2, 0.25) is 5.02 Å². The van der Waals surface area contributed by atoms with Crippen molar-refractivity contribution in [2.24, 2.45) is 7.05 Å². The number of carbonyl (C=O) groups is 1. The molecule has 2 aromatic rings. The number of carbonyl (C=O) groups excluding carboxylic acids is 1. The molecule has 1 aromatic heterocycles. The van der Waals surface area contributed by atoms with Crippen molar-refractivity contribution >= 4 is 27.2 Å². The second-order valence-corrected chi connectivity index (χ2v) is 8.39. The molecule has 10 heteroatoms. The molecule has 1 heterocycles. The van der Waals surface area contributed by atoms with E-state index in [9.17, 15) is 18.0 Å². The van der Waals surface area contributed by atoms with Crippen molar-refractivity contribution in [3.8, 4) is 0 Å². The van der Waals surface area contributed by atoms with Crippen molar-refractivity contribution in [3.05, 3.63) is 49.9 Å². The van der Waals surface area contributed by atoms with Crippen molar-refractivity contribution in [1.29, 1.82) is 0 Å². The summed E-state index contributed by atoms with van der Waals surface area (Å²) in [7, 11) is -0.590. The van der Waals surface area contributed by atoms with Gasteiger partial charge in [0.25, 0.3) is 5.56 Å². The van der Waals surface area contributed by atoms with Crippen molar-refractivity contribution < 1.29 is 22.7 Å². The van der Waals surface area contributed by atoms with E-state index in [0.717, 1.165) is 6.26 Å². The van der Waals surface area contributed by atoms with Crippen LogP contribution >= 0.6 is 11.6 Å². The largest absolute Gasteiger partial charge is 0.382 e. The van der Waals surface area contributed by atoms with Crippen LogP contribution in [0.15, 0.2) is 21.8 Å². The SMILES string of the molecule is COCCOCc1c(S(C)(=O)=O)ccc(C(=O)c2c(C)[nH]n(C)c2=O)c1Cl. The molecule has 0 aliphatic heterocycles. The monoisotopic (exact) mass is 416 g/mol. The Morgan fingerprint density at radius 1 is 1.30 bits per heavy atom. The summed E-state index contributed by atoms with van der Waals surface area (Å²) in [6.45, 7) is 2.03. The van der Waals surface area contributed by atoms with Gasteiger partial charge in [0.2, 0.25) is 5.78 Å². The van der Waals surface area contributed by atoms with E-state index in [-0.39, 0.29) is 39.8 Å². The Kier molecular flexibility index (Phi) is 6.63. The zero-order valence-corrected chi connectivity index (χ0v) is 17.0. The number of rotatable bonds is 8. The summed E-state index contributed by atoms with van der Waals surface area (Å²) in [5.41, 5.74) is 0.0744. The van der Waals surface area contributed by atoms with Gasteiger partial charge < -0.3 is 9.47 Å². The van der Waals surface area contributed by atoms with Crippen LogP contribution in [-0.2, 0) is 33.0 Å². The van der Waals surface area contributed by atoms with Crippen molar-refractivity contribution in [1.82, 2.24) is 9.78 Å². The molecule has 0 aliphatic carbocycles. The van der Waals surface area contributed by atoms with Crippen LogP contribution < -0.4 is 5.56 Å². The molecule has 0 spiro atoms. The standard InChI is InChI=1S/C17H21ClN2O6S/c1-10-14(17(22)20(2)19-10)16(21)11-5-6-13(27(4,23)24)12(15(11)18)9-26-8-7-25-3/h5-6,19H,7-9H2,1-4H3. The number of aryl methyl sites for hydroxylation is 2. The molecule has 0 unspecified atom stereocenters. The lowest BCUT2D eigenvalue weighted by molar-refractivity contribution is 0.0607. The topological polar surface area (TPSA) is 107 Å². The second kappa shape index (κ2) is 8.39. The first-order chi connectivity index (χ1) is 12.6. The molecule has 0 fully saturated rings. The Balaban J connectivity index is 2.55. The smallest absolute Gasteiger partial charge is 0.277 e. The number of hydrogen-bond acceptors (Lipinski definition) is 6. The molecule has 0 saturated heterocycles. The molecule has 1 aromatic carbocycles. The Labute approximate surface area is 161 Å². The summed E-state index contributed by atoms with van der Waals surface area (Å²) in [5.74, 6) is -0.586. The number of methoxy groups -OCH3 is 1. The van der Waals surface area contributed by atoms with Crippen LogP contribution in [0.5, 0.6) is 0 Å². The zero-order chi connectivity index (χ0) is 20.4. The van der Waals surface area contributed by atoms with Crippen molar-refractivity contribution in [3.63, 3.8) is 0 Å². The van der Waals surface area contributed by atoms with Gasteiger partial charge in [-0.3, -0.25) is 19.4 Å². The van der Waals surface area contributed by atoms with Gasteiger partial charge in [-0.15, -0.1) is 0 Å². The van der Waals surface area contributed by atoms with Crippen LogP contribution in [0.25, 0.3) is 0 Å². The number of aromatic nitrogens is 2. The van der Waals surface area contributed by atoms with E-state index in [1.165, 1.54) is 31.0 Å². The summed E-state index contributed by atoms with van der Waals surface area (Å²) in [6, 6.07) is 2.61. The highest BCUT2D eigenvalue weighted by molar-refractivity contribution is 7.90. The normalized spacial score (nSPS) is 11.7. The highest BCUT2D eigenvalue weighted by Gasteiger charge is 2.26. The van der Waals surface area contributed by atoms with Crippen molar-refractivity contribution in [2.45, 2.75) is 18.4 Å². The molecule has 0 saturated carbocycles. The van der Waals surface area contributed by atoms with Crippen LogP contribution in [0, 0.1) is 6.92 Å². The molecule has 0 amide bonds. The van der Waals surface area contributed by atoms with E-state index in [4.69, 9.17) is 21.1 Å². The number of nitrogens with zero attached hydrogens (tertiary/aromatic N) is 1. The average molecular weight is 417 g/mol. The quantitative estimate of drug-likeness (QED) is 0.515. The lowest BCUT2D eigenvalue weighted by Gasteiger charge is -2.14. The van der Waals surface area contributed by atoms with Gasteiger partial charge in [0.15, 0.2) is 9.84 Å². The molecule has 0 bridgehead atoms. The van der Waals surface area contributed by atoms with E-state index >= 15 is 0 Å². The van der Waals surface area contributed by atoms with E-state index in [0.29, 0.717) is 12.3 Å². The third-order valence-corrected chi connectivity index (χ3v) is 5.59. The maximum absolute atomic E-state index is 12.9. The molecule has 2 rings (SSSR count). The molecular weight excluding hydrogens is 396 g/mol. The third kappa shape index (κ3) is 4.49. The number of sulfone groups is 1. The summed E-state index contributed by atoms with van der Waals surface area (Å²) < 4.78 is 35.6. The fourth-order valence-corrected chi connectivity index (χ4v) is 3.95. The first kappa shape index (κ1) is 21.4. The third-order valence-electron chi connectivity index (χ3n) is 3.98. The molecule has 1 N–H and O–H groups in total. The van der Waals surface area contributed by atoms with E-state index in [1.807, 2.05) is 0 Å². The fourth-order valence-electron chi connectivity index (χ4n) is 2.67. The fraction of sp³-hybridized carbons (Fsp3) is 0.412. The maximum atomic E-state index is 12.9. The van der Waals surface area contributed by atoms with Gasteiger partial charge in [0, 0.05) is 37.2 Å². The minimum atomic E-state index is -3.60. The lowest BCUT2D eigenvalue weighted by atomic mass is 10.0. The van der Waals surface area contributed by atoms with Gasteiger partial charge in [0.1, 0.15) is 5.56 Å². The Hall–Kier alpha value is -1.94. The summed E-state index contributed by atoms with van der Waals surface area (Å²) in [4.78, 5) is 25.1. The number of ether oxygens (including phenoxy) is 2. The van der Waals surface area contributed by atoms with Crippen LogP contribution in [0.4, 0.5) is 0 Å². The number of halogens is 1. The first-order valence-electron chi connectivity index (χ1n) is 7.98. The number of H-pyrrole nitrogens is 1. The summed E-state index contributed by atoms with van der Waals surface area (Å²) in [5, 5.41) is 2.70. The van der Waals surface area contributed by atoms with Crippen LogP contribution in [0.3, 0.4) is 0 Å². The molecule has 27 heavy (non-hydrogen) atoms. The second-order valence-electron chi connectivity index (χ2n) is 6.03. The highest BCUT2D eigenvalue weighted by Crippen LogP contribution is 2.30. The van der Waals surface area contributed by atoms with Gasteiger partial charge in [-0.2, -0.15) is 0 Å². The van der Waals surface area contributed by atoms with Gasteiger partial charge in [-0.25, -0.2) is 8.42 Å². The van der Waals surface area contributed by atoms with Gasteiger partial charge in [-0.1, -0.05) is 11.6 Å². The van der Waals surface area contributed by atoms with E-state index in [1.54, 1.807) is 6.92 Å². The van der Waals surface area contributed by atoms with Crippen LogP contribution in [-0.4, -0.2) is 50.6 Å². The van der Waals surface area contributed by atoms with Gasteiger partial charge >= 0.3 is 0 Å². The van der Waals surface area contributed by atoms with Crippen LogP contribution in [0.1, 0.15) is 27.2 Å². The molecule has 0 radical (unpaired) electrons. The van der Waals surface area contributed by atoms with Crippen molar-refractivity contribution in [2.75, 3.05) is 26.6 Å². The molecule has 148 valence electrons. The zero-order valence-electron chi connectivity index (χ0n) is 15.5.